The molecule has 1 atom stereocenters. The Morgan fingerprint density at radius 3 is 3.07 bits per heavy atom. The van der Waals surface area contributed by atoms with Gasteiger partial charge in [0.25, 0.3) is 0 Å². The van der Waals surface area contributed by atoms with Gasteiger partial charge in [0.1, 0.15) is 0 Å². The fourth-order valence-corrected chi connectivity index (χ4v) is 1.32. The topological polar surface area (TPSA) is 50.1 Å². The third-order valence-corrected chi connectivity index (χ3v) is 2.15. The molecular weight excluding hydrogens is 178 g/mol. The molecule has 2 N–H and O–H groups in total. The van der Waals surface area contributed by atoms with Gasteiger partial charge in [-0.05, 0) is 32.9 Å². The van der Waals surface area contributed by atoms with Crippen LogP contribution >= 0.6 is 0 Å². The lowest BCUT2D eigenvalue weighted by Gasteiger charge is -2.07. The van der Waals surface area contributed by atoms with E-state index in [0.717, 1.165) is 26.1 Å². The highest BCUT2D eigenvalue weighted by molar-refractivity contribution is 4.99. The van der Waals surface area contributed by atoms with Crippen molar-refractivity contribution in [3.8, 4) is 0 Å². The van der Waals surface area contributed by atoms with E-state index in [9.17, 15) is 0 Å². The molecule has 0 fully saturated rings. The number of nitrogens with zero attached hydrogens (tertiary/aromatic N) is 2. The third-order valence-electron chi connectivity index (χ3n) is 2.15. The highest BCUT2D eigenvalue weighted by atomic mass is 16.3. The minimum Gasteiger partial charge on any atom is -0.393 e. The summed E-state index contributed by atoms with van der Waals surface area (Å²) in [5.74, 6) is 0. The predicted molar refractivity (Wildman–Crippen MR) is 55.9 cm³/mol. The van der Waals surface area contributed by atoms with E-state index < -0.39 is 0 Å². The summed E-state index contributed by atoms with van der Waals surface area (Å²) in [6.07, 6.45) is 2.38. The summed E-state index contributed by atoms with van der Waals surface area (Å²) in [5.41, 5.74) is 1.19. The Kier molecular flexibility index (Phi) is 4.62. The minimum absolute atomic E-state index is 0.224. The van der Waals surface area contributed by atoms with E-state index in [1.165, 1.54) is 5.69 Å². The zero-order valence-electron chi connectivity index (χ0n) is 8.90. The van der Waals surface area contributed by atoms with Gasteiger partial charge in [0.15, 0.2) is 0 Å². The Morgan fingerprint density at radius 2 is 2.43 bits per heavy atom. The summed E-state index contributed by atoms with van der Waals surface area (Å²) < 4.78 is 1.97. The first-order valence-electron chi connectivity index (χ1n) is 5.13. The van der Waals surface area contributed by atoms with E-state index in [4.69, 9.17) is 5.11 Å². The van der Waals surface area contributed by atoms with E-state index in [-0.39, 0.29) is 6.10 Å². The molecule has 1 aromatic rings. The molecule has 0 aliphatic heterocycles. The molecule has 14 heavy (non-hydrogen) atoms. The second-order valence-electron chi connectivity index (χ2n) is 3.45. The average Bonchev–Trinajstić information content (AvgIpc) is 2.59. The first kappa shape index (κ1) is 11.2. The molecule has 1 heterocycles. The Morgan fingerprint density at radius 1 is 1.64 bits per heavy atom. The minimum atomic E-state index is -0.224. The molecule has 0 aliphatic carbocycles. The molecule has 0 aromatic carbocycles. The lowest BCUT2D eigenvalue weighted by atomic mass is 10.3. The lowest BCUT2D eigenvalue weighted by molar-refractivity contribution is 0.183. The van der Waals surface area contributed by atoms with Crippen molar-refractivity contribution >= 4 is 0 Å². The van der Waals surface area contributed by atoms with Crippen LogP contribution in [0.2, 0.25) is 0 Å². The smallest absolute Gasteiger partial charge is 0.0524 e. The van der Waals surface area contributed by atoms with Crippen LogP contribution < -0.4 is 5.32 Å². The van der Waals surface area contributed by atoms with Crippen molar-refractivity contribution in [1.82, 2.24) is 15.1 Å². The molecule has 0 radical (unpaired) electrons. The van der Waals surface area contributed by atoms with E-state index in [1.807, 2.05) is 16.9 Å². The summed E-state index contributed by atoms with van der Waals surface area (Å²) in [7, 11) is 0. The number of rotatable bonds is 6. The van der Waals surface area contributed by atoms with E-state index >= 15 is 0 Å². The molecule has 80 valence electrons. The monoisotopic (exact) mass is 197 g/mol. The first-order valence-corrected chi connectivity index (χ1v) is 5.13. The largest absolute Gasteiger partial charge is 0.393 e. The molecule has 1 unspecified atom stereocenters. The van der Waals surface area contributed by atoms with Crippen molar-refractivity contribution in [3.63, 3.8) is 0 Å². The molecular formula is C10H19N3O. The molecule has 0 saturated heterocycles. The van der Waals surface area contributed by atoms with Crippen molar-refractivity contribution in [2.24, 2.45) is 0 Å². The van der Waals surface area contributed by atoms with Gasteiger partial charge in [-0.3, -0.25) is 4.68 Å². The molecule has 1 aromatic heterocycles. The molecule has 4 heteroatoms. The van der Waals surface area contributed by atoms with Crippen LogP contribution in [0.3, 0.4) is 0 Å². The number of aliphatic hydroxyl groups is 1. The van der Waals surface area contributed by atoms with Gasteiger partial charge in [0.2, 0.25) is 0 Å². The van der Waals surface area contributed by atoms with Crippen LogP contribution in [-0.2, 0) is 13.1 Å². The van der Waals surface area contributed by atoms with Crippen molar-refractivity contribution in [2.45, 2.75) is 39.5 Å². The van der Waals surface area contributed by atoms with Gasteiger partial charge in [-0.2, -0.15) is 5.10 Å². The second-order valence-corrected chi connectivity index (χ2v) is 3.45. The van der Waals surface area contributed by atoms with Crippen molar-refractivity contribution in [2.75, 3.05) is 6.54 Å². The molecule has 0 saturated carbocycles. The highest BCUT2D eigenvalue weighted by Crippen LogP contribution is 1.98. The second kappa shape index (κ2) is 5.78. The van der Waals surface area contributed by atoms with Gasteiger partial charge in [0, 0.05) is 19.3 Å². The summed E-state index contributed by atoms with van der Waals surface area (Å²) in [6, 6.07) is 2.01. The molecule has 4 nitrogen and oxygen atoms in total. The number of aromatic nitrogens is 2. The summed E-state index contributed by atoms with van der Waals surface area (Å²) in [6.45, 7) is 6.44. The SMILES string of the molecule is CCn1nccc1CNCCC(C)O. The lowest BCUT2D eigenvalue weighted by Crippen LogP contribution is -2.20. The number of nitrogens with one attached hydrogen (secondary N) is 1. The van der Waals surface area contributed by atoms with Crippen LogP contribution in [-0.4, -0.2) is 27.5 Å². The maximum atomic E-state index is 9.05. The number of hydrogen-bond acceptors (Lipinski definition) is 3. The first-order chi connectivity index (χ1) is 6.74. The van der Waals surface area contributed by atoms with Crippen LogP contribution in [0.25, 0.3) is 0 Å². The maximum Gasteiger partial charge on any atom is 0.0524 e. The zero-order valence-corrected chi connectivity index (χ0v) is 8.90. The normalized spacial score (nSPS) is 13.1. The van der Waals surface area contributed by atoms with Gasteiger partial charge in [-0.25, -0.2) is 0 Å². The molecule has 0 aliphatic rings. The van der Waals surface area contributed by atoms with E-state index in [2.05, 4.69) is 17.3 Å². The zero-order chi connectivity index (χ0) is 10.4. The van der Waals surface area contributed by atoms with Gasteiger partial charge in [0.05, 0.1) is 11.8 Å². The number of aryl methyl sites for hydroxylation is 1. The molecule has 1 rings (SSSR count). The summed E-state index contributed by atoms with van der Waals surface area (Å²) in [5, 5.41) is 16.5. The third kappa shape index (κ3) is 3.47. The Bertz CT molecular complexity index is 258. The predicted octanol–water partition coefficient (Wildman–Crippen LogP) is 0.763. The fourth-order valence-electron chi connectivity index (χ4n) is 1.32. The Hall–Kier alpha value is -0.870. The standard InChI is InChI=1S/C10H19N3O/c1-3-13-10(5-7-12-13)8-11-6-4-9(2)14/h5,7,9,11,14H,3-4,6,8H2,1-2H3. The van der Waals surface area contributed by atoms with Gasteiger partial charge in [-0.1, -0.05) is 0 Å². The van der Waals surface area contributed by atoms with Crippen LogP contribution in [0.5, 0.6) is 0 Å². The molecule has 0 bridgehead atoms. The quantitative estimate of drug-likeness (QED) is 0.662. The average molecular weight is 197 g/mol. The van der Waals surface area contributed by atoms with Gasteiger partial charge >= 0.3 is 0 Å². The van der Waals surface area contributed by atoms with Crippen molar-refractivity contribution in [1.29, 1.82) is 0 Å². The van der Waals surface area contributed by atoms with Gasteiger partial charge in [-0.15, -0.1) is 0 Å². The molecule has 0 spiro atoms. The van der Waals surface area contributed by atoms with Crippen LogP contribution in [0.4, 0.5) is 0 Å². The number of hydrogen-bond donors (Lipinski definition) is 2. The maximum absolute atomic E-state index is 9.05. The Labute approximate surface area is 84.9 Å². The number of aliphatic hydroxyl groups excluding tert-OH is 1. The molecule has 0 amide bonds. The summed E-state index contributed by atoms with van der Waals surface area (Å²) in [4.78, 5) is 0. The Balaban J connectivity index is 2.24. The highest BCUT2D eigenvalue weighted by Gasteiger charge is 2.00. The van der Waals surface area contributed by atoms with E-state index in [0.29, 0.717) is 0 Å². The van der Waals surface area contributed by atoms with Crippen LogP contribution in [0, 0.1) is 0 Å². The van der Waals surface area contributed by atoms with Gasteiger partial charge < -0.3 is 10.4 Å². The van der Waals surface area contributed by atoms with Crippen molar-refractivity contribution < 1.29 is 5.11 Å². The van der Waals surface area contributed by atoms with Crippen LogP contribution in [0.1, 0.15) is 26.0 Å². The fraction of sp³-hybridized carbons (Fsp3) is 0.700. The van der Waals surface area contributed by atoms with Crippen LogP contribution in [0.15, 0.2) is 12.3 Å². The summed E-state index contributed by atoms with van der Waals surface area (Å²) >= 11 is 0. The van der Waals surface area contributed by atoms with Crippen molar-refractivity contribution in [3.05, 3.63) is 18.0 Å². The van der Waals surface area contributed by atoms with E-state index in [1.54, 1.807) is 6.92 Å².